The number of aliphatic carboxylic acids is 1. The Labute approximate surface area is 148 Å². The second-order valence-corrected chi connectivity index (χ2v) is 7.99. The van der Waals surface area contributed by atoms with E-state index in [1.165, 1.54) is 11.3 Å². The molecular weight excluding hydrogens is 340 g/mol. The van der Waals surface area contributed by atoms with E-state index in [0.29, 0.717) is 22.4 Å². The van der Waals surface area contributed by atoms with Gasteiger partial charge >= 0.3 is 5.97 Å². The first-order valence-corrected chi connectivity index (χ1v) is 9.64. The number of carbonyl (C=O) groups is 2. The number of thiophene rings is 2. The molecule has 2 aromatic heterocycles. The fourth-order valence-electron chi connectivity index (χ4n) is 2.76. The van der Waals surface area contributed by atoms with Crippen molar-refractivity contribution >= 4 is 43.8 Å². The first-order chi connectivity index (χ1) is 11.6. The van der Waals surface area contributed by atoms with Crippen LogP contribution >= 0.6 is 22.7 Å². The minimum absolute atomic E-state index is 0.0371. The summed E-state index contributed by atoms with van der Waals surface area (Å²) >= 11 is 3.12. The van der Waals surface area contributed by atoms with Crippen molar-refractivity contribution in [3.63, 3.8) is 0 Å². The molecule has 1 unspecified atom stereocenters. The Bertz CT molecular complexity index is 847. The molecule has 0 bridgehead atoms. The number of hydrogen-bond donors (Lipinski definition) is 1. The van der Waals surface area contributed by atoms with Gasteiger partial charge in [0.05, 0.1) is 14.8 Å². The van der Waals surface area contributed by atoms with Gasteiger partial charge in [0, 0.05) is 10.9 Å². The maximum absolute atomic E-state index is 12.7. The van der Waals surface area contributed by atoms with Crippen LogP contribution in [0.25, 0.3) is 9.40 Å². The molecule has 1 aromatic carbocycles. The van der Waals surface area contributed by atoms with Crippen molar-refractivity contribution in [3.8, 4) is 0 Å². The SMILES string of the molecule is CCCCC(C(=O)O)c1cccc(C(=O)c2cc3ccsc3s2)c1. The molecule has 2 heterocycles. The van der Waals surface area contributed by atoms with Crippen LogP contribution in [0.1, 0.15) is 52.9 Å². The van der Waals surface area contributed by atoms with E-state index in [-0.39, 0.29) is 5.78 Å². The molecule has 0 aliphatic heterocycles. The normalized spacial score (nSPS) is 12.4. The quantitative estimate of drug-likeness (QED) is 0.563. The third-order valence-electron chi connectivity index (χ3n) is 4.07. The van der Waals surface area contributed by atoms with Crippen molar-refractivity contribution < 1.29 is 14.7 Å². The summed E-state index contributed by atoms with van der Waals surface area (Å²) in [4.78, 5) is 25.0. The van der Waals surface area contributed by atoms with E-state index in [2.05, 4.69) is 0 Å². The smallest absolute Gasteiger partial charge is 0.310 e. The molecule has 0 amide bonds. The van der Waals surface area contributed by atoms with Crippen LogP contribution < -0.4 is 0 Å². The van der Waals surface area contributed by atoms with Gasteiger partial charge in [-0.25, -0.2) is 0 Å². The van der Waals surface area contributed by atoms with Crippen molar-refractivity contribution in [2.75, 3.05) is 0 Å². The van der Waals surface area contributed by atoms with Crippen molar-refractivity contribution in [1.82, 2.24) is 0 Å². The van der Waals surface area contributed by atoms with Crippen LogP contribution in [0.4, 0.5) is 0 Å². The fourth-order valence-corrected chi connectivity index (χ4v) is 4.83. The average molecular weight is 358 g/mol. The molecule has 0 radical (unpaired) electrons. The molecule has 3 aromatic rings. The molecule has 24 heavy (non-hydrogen) atoms. The van der Waals surface area contributed by atoms with Crippen molar-refractivity contribution in [2.45, 2.75) is 32.1 Å². The third-order valence-corrected chi connectivity index (χ3v) is 6.27. The minimum atomic E-state index is -0.829. The molecular formula is C19H18O3S2. The Hall–Kier alpha value is -1.98. The molecule has 3 rings (SSSR count). The monoisotopic (exact) mass is 358 g/mol. The molecule has 1 N–H and O–H groups in total. The van der Waals surface area contributed by atoms with E-state index >= 15 is 0 Å². The minimum Gasteiger partial charge on any atom is -0.481 e. The summed E-state index contributed by atoms with van der Waals surface area (Å²) in [5.41, 5.74) is 1.27. The van der Waals surface area contributed by atoms with Crippen LogP contribution in [-0.2, 0) is 4.79 Å². The van der Waals surface area contributed by atoms with Gasteiger partial charge in [0.2, 0.25) is 5.78 Å². The molecule has 0 spiro atoms. The molecule has 0 fully saturated rings. The highest BCUT2D eigenvalue weighted by Crippen LogP contribution is 2.32. The van der Waals surface area contributed by atoms with E-state index in [0.717, 1.165) is 22.2 Å². The van der Waals surface area contributed by atoms with Gasteiger partial charge in [-0.3, -0.25) is 9.59 Å². The molecule has 3 nitrogen and oxygen atoms in total. The second-order valence-electron chi connectivity index (χ2n) is 5.76. The zero-order chi connectivity index (χ0) is 17.1. The lowest BCUT2D eigenvalue weighted by Gasteiger charge is -2.13. The number of carbonyl (C=O) groups excluding carboxylic acids is 1. The van der Waals surface area contributed by atoms with E-state index < -0.39 is 11.9 Å². The number of carboxylic acids is 1. The van der Waals surface area contributed by atoms with Crippen LogP contribution in [-0.4, -0.2) is 16.9 Å². The van der Waals surface area contributed by atoms with Gasteiger partial charge in [-0.1, -0.05) is 38.0 Å². The van der Waals surface area contributed by atoms with Crippen LogP contribution in [0.15, 0.2) is 41.8 Å². The maximum atomic E-state index is 12.7. The molecule has 0 saturated heterocycles. The number of benzene rings is 1. The van der Waals surface area contributed by atoms with Crippen LogP contribution in [0.5, 0.6) is 0 Å². The number of rotatable bonds is 7. The van der Waals surface area contributed by atoms with Gasteiger partial charge < -0.3 is 5.11 Å². The summed E-state index contributed by atoms with van der Waals surface area (Å²) < 4.78 is 1.14. The van der Waals surface area contributed by atoms with Gasteiger partial charge in [0.1, 0.15) is 0 Å². The summed E-state index contributed by atoms with van der Waals surface area (Å²) in [6.07, 6.45) is 2.41. The lowest BCUT2D eigenvalue weighted by Crippen LogP contribution is -2.12. The van der Waals surface area contributed by atoms with Crippen molar-refractivity contribution in [2.24, 2.45) is 0 Å². The third kappa shape index (κ3) is 3.42. The first-order valence-electron chi connectivity index (χ1n) is 7.94. The van der Waals surface area contributed by atoms with Gasteiger partial charge in [0.15, 0.2) is 0 Å². The number of unbranched alkanes of at least 4 members (excludes halogenated alkanes) is 1. The Morgan fingerprint density at radius 3 is 2.75 bits per heavy atom. The van der Waals surface area contributed by atoms with Crippen LogP contribution in [0, 0.1) is 0 Å². The van der Waals surface area contributed by atoms with Gasteiger partial charge in [-0.15, -0.1) is 22.7 Å². The maximum Gasteiger partial charge on any atom is 0.310 e. The predicted molar refractivity (Wildman–Crippen MR) is 99.5 cm³/mol. The Balaban J connectivity index is 1.89. The summed E-state index contributed by atoms with van der Waals surface area (Å²) in [6, 6.07) is 11.0. The zero-order valence-electron chi connectivity index (χ0n) is 13.3. The summed E-state index contributed by atoms with van der Waals surface area (Å²) in [5.74, 6) is -1.42. The molecule has 0 aliphatic carbocycles. The predicted octanol–water partition coefficient (Wildman–Crippen LogP) is 5.55. The Morgan fingerprint density at radius 2 is 2.04 bits per heavy atom. The van der Waals surface area contributed by atoms with E-state index in [4.69, 9.17) is 0 Å². The van der Waals surface area contributed by atoms with Crippen LogP contribution in [0.2, 0.25) is 0 Å². The number of carboxylic acid groups (broad SMARTS) is 1. The van der Waals surface area contributed by atoms with Gasteiger partial charge in [0.25, 0.3) is 0 Å². The standard InChI is InChI=1S/C19H18O3S2/c1-2-3-7-15(18(21)22)12-5-4-6-13(10-12)17(20)16-11-14-8-9-23-19(14)24-16/h4-6,8-11,15H,2-3,7H2,1H3,(H,21,22). The van der Waals surface area contributed by atoms with E-state index in [1.54, 1.807) is 35.6 Å². The highest BCUT2D eigenvalue weighted by atomic mass is 32.2. The van der Waals surface area contributed by atoms with E-state index in [9.17, 15) is 14.7 Å². The van der Waals surface area contributed by atoms with Gasteiger partial charge in [-0.05, 0) is 35.6 Å². The highest BCUT2D eigenvalue weighted by molar-refractivity contribution is 7.38. The second kappa shape index (κ2) is 7.28. The number of fused-ring (bicyclic) bond motifs is 1. The molecule has 0 saturated carbocycles. The van der Waals surface area contributed by atoms with Crippen molar-refractivity contribution in [1.29, 1.82) is 0 Å². The Kier molecular flexibility index (Phi) is 5.11. The van der Waals surface area contributed by atoms with Crippen molar-refractivity contribution in [3.05, 3.63) is 57.8 Å². The lowest BCUT2D eigenvalue weighted by molar-refractivity contribution is -0.139. The first kappa shape index (κ1) is 16.9. The number of hydrogen-bond acceptors (Lipinski definition) is 4. The zero-order valence-corrected chi connectivity index (χ0v) is 15.0. The highest BCUT2D eigenvalue weighted by Gasteiger charge is 2.21. The Morgan fingerprint density at radius 1 is 1.21 bits per heavy atom. The molecule has 0 aliphatic rings. The molecule has 124 valence electrons. The average Bonchev–Trinajstić information content (AvgIpc) is 3.16. The summed E-state index contributed by atoms with van der Waals surface area (Å²) in [7, 11) is 0. The summed E-state index contributed by atoms with van der Waals surface area (Å²) in [6.45, 7) is 2.04. The van der Waals surface area contributed by atoms with Gasteiger partial charge in [-0.2, -0.15) is 0 Å². The largest absolute Gasteiger partial charge is 0.481 e. The number of ketones is 1. The summed E-state index contributed by atoms with van der Waals surface area (Å²) in [5, 5.41) is 12.6. The topological polar surface area (TPSA) is 54.4 Å². The lowest BCUT2D eigenvalue weighted by atomic mass is 9.92. The molecule has 1 atom stereocenters. The molecule has 5 heteroatoms. The van der Waals surface area contributed by atoms with E-state index in [1.807, 2.05) is 24.4 Å². The fraction of sp³-hybridized carbons (Fsp3) is 0.263. The van der Waals surface area contributed by atoms with Crippen LogP contribution in [0.3, 0.4) is 0 Å².